The molecule has 0 amide bonds. The molecule has 0 aromatic heterocycles. The molecule has 2 aromatic rings. The summed E-state index contributed by atoms with van der Waals surface area (Å²) in [5, 5.41) is 0. The maximum absolute atomic E-state index is 13.7. The van der Waals surface area contributed by atoms with Crippen molar-refractivity contribution in [1.29, 1.82) is 0 Å². The van der Waals surface area contributed by atoms with E-state index in [-0.39, 0.29) is 17.0 Å². The molecular weight excluding hydrogens is 249 g/mol. The Kier molecular flexibility index (Phi) is 3.38. The number of rotatable bonds is 2. The van der Waals surface area contributed by atoms with Gasteiger partial charge in [0.05, 0.1) is 0 Å². The zero-order chi connectivity index (χ0) is 12.4. The van der Waals surface area contributed by atoms with E-state index in [1.165, 1.54) is 24.3 Å². The van der Waals surface area contributed by atoms with Crippen molar-refractivity contribution in [3.63, 3.8) is 0 Å². The van der Waals surface area contributed by atoms with Gasteiger partial charge in [0, 0.05) is 17.0 Å². The van der Waals surface area contributed by atoms with Gasteiger partial charge in [-0.05, 0) is 17.7 Å². The predicted molar refractivity (Wildman–Crippen MR) is 61.3 cm³/mol. The lowest BCUT2D eigenvalue weighted by atomic mass is 9.99. The molecule has 0 atom stereocenters. The van der Waals surface area contributed by atoms with E-state index in [0.29, 0.717) is 5.56 Å². The van der Waals surface area contributed by atoms with E-state index in [4.69, 9.17) is 11.6 Å². The van der Waals surface area contributed by atoms with Crippen molar-refractivity contribution >= 4 is 11.6 Å². The zero-order valence-corrected chi connectivity index (χ0v) is 9.44. The summed E-state index contributed by atoms with van der Waals surface area (Å²) >= 11 is 5.66. The lowest BCUT2D eigenvalue weighted by Crippen LogP contribution is -1.96. The van der Waals surface area contributed by atoms with Crippen LogP contribution in [0.15, 0.2) is 36.4 Å². The van der Waals surface area contributed by atoms with Gasteiger partial charge in [0.2, 0.25) is 0 Å². The molecule has 17 heavy (non-hydrogen) atoms. The molecule has 0 N–H and O–H groups in total. The Bertz CT molecular complexity index is 552. The minimum atomic E-state index is -1.07. The van der Waals surface area contributed by atoms with E-state index in [9.17, 15) is 13.2 Å². The Morgan fingerprint density at radius 3 is 2.24 bits per heavy atom. The van der Waals surface area contributed by atoms with Crippen LogP contribution in [0.1, 0.15) is 5.56 Å². The van der Waals surface area contributed by atoms with Crippen molar-refractivity contribution in [3.05, 3.63) is 59.4 Å². The average molecular weight is 257 g/mol. The molecule has 0 unspecified atom stereocenters. The van der Waals surface area contributed by atoms with Crippen molar-refractivity contribution in [2.75, 3.05) is 0 Å². The van der Waals surface area contributed by atoms with Crippen LogP contribution in [-0.2, 0) is 5.88 Å². The first-order valence-corrected chi connectivity index (χ1v) is 5.46. The van der Waals surface area contributed by atoms with Gasteiger partial charge in [-0.25, -0.2) is 13.2 Å². The van der Waals surface area contributed by atoms with E-state index in [2.05, 4.69) is 0 Å². The maximum atomic E-state index is 13.7. The first-order valence-electron chi connectivity index (χ1n) is 4.93. The lowest BCUT2D eigenvalue weighted by Gasteiger charge is -2.09. The summed E-state index contributed by atoms with van der Waals surface area (Å²) in [5.41, 5.74) is 0.328. The highest BCUT2D eigenvalue weighted by Crippen LogP contribution is 2.30. The molecular formula is C13H8ClF3. The molecule has 0 aliphatic carbocycles. The molecule has 2 aromatic carbocycles. The molecule has 0 saturated heterocycles. The minimum Gasteiger partial charge on any atom is -0.206 e. The van der Waals surface area contributed by atoms with Gasteiger partial charge >= 0.3 is 0 Å². The molecule has 0 radical (unpaired) electrons. The monoisotopic (exact) mass is 256 g/mol. The third-order valence-electron chi connectivity index (χ3n) is 2.46. The first kappa shape index (κ1) is 12.0. The van der Waals surface area contributed by atoms with E-state index in [1.807, 2.05) is 0 Å². The third kappa shape index (κ3) is 2.15. The highest BCUT2D eigenvalue weighted by Gasteiger charge is 2.16. The molecule has 2 rings (SSSR count). The first-order chi connectivity index (χ1) is 8.15. The summed E-state index contributed by atoms with van der Waals surface area (Å²) in [7, 11) is 0. The van der Waals surface area contributed by atoms with Crippen LogP contribution in [0.25, 0.3) is 11.1 Å². The number of hydrogen-bond donors (Lipinski definition) is 0. The second-order valence-corrected chi connectivity index (χ2v) is 3.78. The van der Waals surface area contributed by atoms with Gasteiger partial charge in [-0.2, -0.15) is 0 Å². The van der Waals surface area contributed by atoms with Gasteiger partial charge in [0.1, 0.15) is 5.82 Å². The summed E-state index contributed by atoms with van der Waals surface area (Å²) in [6.45, 7) is 0. The number of halogens is 4. The van der Waals surface area contributed by atoms with Crippen molar-refractivity contribution in [2.24, 2.45) is 0 Å². The van der Waals surface area contributed by atoms with Crippen molar-refractivity contribution in [3.8, 4) is 11.1 Å². The van der Waals surface area contributed by atoms with Crippen LogP contribution >= 0.6 is 11.6 Å². The van der Waals surface area contributed by atoms with Gasteiger partial charge in [-0.1, -0.05) is 24.3 Å². The molecule has 0 spiro atoms. The molecule has 0 bridgehead atoms. The summed E-state index contributed by atoms with van der Waals surface area (Å²) in [6.07, 6.45) is 0. The lowest BCUT2D eigenvalue weighted by molar-refractivity contribution is 0.510. The summed E-state index contributed by atoms with van der Waals surface area (Å²) in [6, 6.07) is 7.89. The van der Waals surface area contributed by atoms with Gasteiger partial charge < -0.3 is 0 Å². The fraction of sp³-hybridized carbons (Fsp3) is 0.0769. The quantitative estimate of drug-likeness (QED) is 0.694. The standard InChI is InChI=1S/C13H8ClF3/c14-7-8-3-1-5-10(15)12(8)9-4-2-6-11(16)13(9)17/h1-6H,7H2. The van der Waals surface area contributed by atoms with Crippen molar-refractivity contribution < 1.29 is 13.2 Å². The largest absolute Gasteiger partial charge is 0.206 e. The van der Waals surface area contributed by atoms with Crippen LogP contribution in [0.3, 0.4) is 0 Å². The maximum Gasteiger partial charge on any atom is 0.166 e. The third-order valence-corrected chi connectivity index (χ3v) is 2.75. The highest BCUT2D eigenvalue weighted by atomic mass is 35.5. The van der Waals surface area contributed by atoms with Crippen molar-refractivity contribution in [1.82, 2.24) is 0 Å². The van der Waals surface area contributed by atoms with Crippen LogP contribution in [-0.4, -0.2) is 0 Å². The van der Waals surface area contributed by atoms with Gasteiger partial charge in [-0.15, -0.1) is 11.6 Å². The Labute approximate surface area is 102 Å². The second kappa shape index (κ2) is 4.80. The Balaban J connectivity index is 2.72. The Morgan fingerprint density at radius 2 is 1.53 bits per heavy atom. The van der Waals surface area contributed by atoms with Crippen LogP contribution in [0.2, 0.25) is 0 Å². The van der Waals surface area contributed by atoms with Crippen LogP contribution in [0.4, 0.5) is 13.2 Å². The van der Waals surface area contributed by atoms with E-state index >= 15 is 0 Å². The summed E-state index contributed by atoms with van der Waals surface area (Å²) < 4.78 is 40.4. The van der Waals surface area contributed by atoms with Crippen LogP contribution in [0, 0.1) is 17.5 Å². The fourth-order valence-corrected chi connectivity index (χ4v) is 1.90. The molecule has 0 saturated carbocycles. The topological polar surface area (TPSA) is 0 Å². The van der Waals surface area contributed by atoms with Crippen LogP contribution < -0.4 is 0 Å². The second-order valence-electron chi connectivity index (χ2n) is 3.51. The molecule has 0 aliphatic heterocycles. The average Bonchev–Trinajstić information content (AvgIpc) is 2.33. The molecule has 88 valence electrons. The summed E-state index contributed by atoms with van der Waals surface area (Å²) in [5.74, 6) is -2.66. The fourth-order valence-electron chi connectivity index (χ4n) is 1.68. The number of alkyl halides is 1. The molecule has 4 heteroatoms. The van der Waals surface area contributed by atoms with E-state index in [0.717, 1.165) is 6.07 Å². The van der Waals surface area contributed by atoms with E-state index in [1.54, 1.807) is 6.07 Å². The number of benzene rings is 2. The predicted octanol–water partition coefficient (Wildman–Crippen LogP) is 4.51. The Hall–Kier alpha value is -1.48. The number of hydrogen-bond acceptors (Lipinski definition) is 0. The van der Waals surface area contributed by atoms with Crippen molar-refractivity contribution in [2.45, 2.75) is 5.88 Å². The van der Waals surface area contributed by atoms with E-state index < -0.39 is 17.5 Å². The summed E-state index contributed by atoms with van der Waals surface area (Å²) in [4.78, 5) is 0. The van der Waals surface area contributed by atoms with Gasteiger partial charge in [0.15, 0.2) is 11.6 Å². The molecule has 0 heterocycles. The smallest absolute Gasteiger partial charge is 0.166 e. The SMILES string of the molecule is Fc1cccc(-c2c(F)cccc2CCl)c1F. The highest BCUT2D eigenvalue weighted by molar-refractivity contribution is 6.17. The zero-order valence-electron chi connectivity index (χ0n) is 8.68. The minimum absolute atomic E-state index is 0.0134. The molecule has 0 aliphatic rings. The van der Waals surface area contributed by atoms with Gasteiger partial charge in [-0.3, -0.25) is 0 Å². The van der Waals surface area contributed by atoms with Gasteiger partial charge in [0.25, 0.3) is 0 Å². The normalized spacial score (nSPS) is 10.6. The Morgan fingerprint density at radius 1 is 0.882 bits per heavy atom. The molecule has 0 fully saturated rings. The molecule has 0 nitrogen and oxygen atoms in total. The van der Waals surface area contributed by atoms with Crippen LogP contribution in [0.5, 0.6) is 0 Å².